The smallest absolute Gasteiger partial charge is 0.330 e. The van der Waals surface area contributed by atoms with Crippen LogP contribution < -0.4 is 5.73 Å². The second-order valence-corrected chi connectivity index (χ2v) is 2.85. The van der Waals surface area contributed by atoms with Crippen LogP contribution in [0.25, 0.3) is 0 Å². The van der Waals surface area contributed by atoms with Gasteiger partial charge in [0.25, 0.3) is 0 Å². The summed E-state index contributed by atoms with van der Waals surface area (Å²) >= 11 is 0. The molecule has 0 aliphatic rings. The van der Waals surface area contributed by atoms with Gasteiger partial charge in [0, 0.05) is 24.9 Å². The SMILES string of the molecule is CCn1c(CCN)cnc1C(F)(F)F. The highest BCUT2D eigenvalue weighted by Crippen LogP contribution is 2.28. The molecule has 1 heterocycles. The number of halogens is 3. The first-order valence-electron chi connectivity index (χ1n) is 4.32. The van der Waals surface area contributed by atoms with Crippen LogP contribution in [0, 0.1) is 0 Å². The normalized spacial score (nSPS) is 12.1. The van der Waals surface area contributed by atoms with Crippen molar-refractivity contribution in [3.05, 3.63) is 17.7 Å². The van der Waals surface area contributed by atoms with Gasteiger partial charge in [-0.1, -0.05) is 0 Å². The first kappa shape index (κ1) is 11.0. The third-order valence-electron chi connectivity index (χ3n) is 1.91. The van der Waals surface area contributed by atoms with Crippen LogP contribution in [0.3, 0.4) is 0 Å². The minimum atomic E-state index is -4.39. The van der Waals surface area contributed by atoms with Crippen LogP contribution in [0.2, 0.25) is 0 Å². The highest BCUT2D eigenvalue weighted by molar-refractivity contribution is 5.08. The van der Waals surface area contributed by atoms with Crippen LogP contribution in [-0.4, -0.2) is 16.1 Å². The van der Waals surface area contributed by atoms with Crippen LogP contribution in [0.5, 0.6) is 0 Å². The molecule has 0 radical (unpaired) electrons. The zero-order chi connectivity index (χ0) is 10.8. The number of hydrogen-bond acceptors (Lipinski definition) is 2. The van der Waals surface area contributed by atoms with Gasteiger partial charge in [0.15, 0.2) is 0 Å². The van der Waals surface area contributed by atoms with E-state index in [2.05, 4.69) is 4.98 Å². The van der Waals surface area contributed by atoms with E-state index in [1.165, 1.54) is 6.20 Å². The lowest BCUT2D eigenvalue weighted by molar-refractivity contribution is -0.147. The Kier molecular flexibility index (Phi) is 3.15. The van der Waals surface area contributed by atoms with E-state index < -0.39 is 12.0 Å². The van der Waals surface area contributed by atoms with E-state index >= 15 is 0 Å². The third kappa shape index (κ3) is 2.06. The fraction of sp³-hybridized carbons (Fsp3) is 0.625. The number of nitrogens with zero attached hydrogens (tertiary/aromatic N) is 2. The maximum absolute atomic E-state index is 12.4. The standard InChI is InChI=1S/C8H12F3N3/c1-2-14-6(3-4-12)5-13-7(14)8(9,10)11/h5H,2-4,12H2,1H3. The Balaban J connectivity index is 3.07. The molecule has 0 fully saturated rings. The average molecular weight is 207 g/mol. The lowest BCUT2D eigenvalue weighted by Crippen LogP contribution is -2.17. The molecule has 0 saturated heterocycles. The van der Waals surface area contributed by atoms with E-state index in [-0.39, 0.29) is 6.54 Å². The van der Waals surface area contributed by atoms with Crippen molar-refractivity contribution in [2.24, 2.45) is 5.73 Å². The lowest BCUT2D eigenvalue weighted by atomic mass is 10.3. The molecule has 0 saturated carbocycles. The molecule has 1 aromatic heterocycles. The molecule has 0 aliphatic carbocycles. The Hall–Kier alpha value is -1.04. The van der Waals surface area contributed by atoms with Crippen molar-refractivity contribution in [2.75, 3.05) is 6.54 Å². The number of alkyl halides is 3. The molecule has 1 rings (SSSR count). The summed E-state index contributed by atoms with van der Waals surface area (Å²) in [6.45, 7) is 2.23. The second kappa shape index (κ2) is 4.00. The number of rotatable bonds is 3. The van der Waals surface area contributed by atoms with Gasteiger partial charge in [0.1, 0.15) is 0 Å². The van der Waals surface area contributed by atoms with Crippen molar-refractivity contribution in [3.8, 4) is 0 Å². The van der Waals surface area contributed by atoms with Gasteiger partial charge in [0.05, 0.1) is 0 Å². The highest BCUT2D eigenvalue weighted by Gasteiger charge is 2.36. The molecule has 6 heteroatoms. The molecule has 0 aliphatic heterocycles. The van der Waals surface area contributed by atoms with E-state index in [9.17, 15) is 13.2 Å². The Morgan fingerprint density at radius 2 is 2.14 bits per heavy atom. The van der Waals surface area contributed by atoms with Gasteiger partial charge < -0.3 is 10.3 Å². The third-order valence-corrected chi connectivity index (χ3v) is 1.91. The summed E-state index contributed by atoms with van der Waals surface area (Å²) in [4.78, 5) is 3.36. The van der Waals surface area contributed by atoms with Gasteiger partial charge in [-0.05, 0) is 13.5 Å². The predicted octanol–water partition coefficient (Wildman–Crippen LogP) is 1.42. The zero-order valence-corrected chi connectivity index (χ0v) is 7.80. The number of hydrogen-bond donors (Lipinski definition) is 1. The van der Waals surface area contributed by atoms with E-state index in [0.29, 0.717) is 18.7 Å². The van der Waals surface area contributed by atoms with Crippen molar-refractivity contribution < 1.29 is 13.2 Å². The van der Waals surface area contributed by atoms with Gasteiger partial charge >= 0.3 is 6.18 Å². The minimum Gasteiger partial charge on any atom is -0.330 e. The molecule has 0 atom stereocenters. The monoisotopic (exact) mass is 207 g/mol. The Bertz CT molecular complexity index is 303. The fourth-order valence-electron chi connectivity index (χ4n) is 1.34. The van der Waals surface area contributed by atoms with Crippen molar-refractivity contribution >= 4 is 0 Å². The topological polar surface area (TPSA) is 43.8 Å². The van der Waals surface area contributed by atoms with Gasteiger partial charge in [-0.3, -0.25) is 0 Å². The second-order valence-electron chi connectivity index (χ2n) is 2.85. The van der Waals surface area contributed by atoms with E-state index in [1.807, 2.05) is 0 Å². The fourth-order valence-corrected chi connectivity index (χ4v) is 1.34. The van der Waals surface area contributed by atoms with E-state index in [1.54, 1.807) is 6.92 Å². The predicted molar refractivity (Wildman–Crippen MR) is 45.7 cm³/mol. The van der Waals surface area contributed by atoms with Crippen LogP contribution in [0.1, 0.15) is 18.4 Å². The molecule has 2 N–H and O–H groups in total. The molecule has 0 spiro atoms. The summed E-state index contributed by atoms with van der Waals surface area (Å²) in [5.74, 6) is -0.844. The largest absolute Gasteiger partial charge is 0.449 e. The first-order valence-corrected chi connectivity index (χ1v) is 4.32. The molecular weight excluding hydrogens is 195 g/mol. The van der Waals surface area contributed by atoms with E-state index in [4.69, 9.17) is 5.73 Å². The molecule has 0 bridgehead atoms. The first-order chi connectivity index (χ1) is 6.50. The van der Waals surface area contributed by atoms with Gasteiger partial charge in [0.2, 0.25) is 5.82 Å². The molecule has 3 nitrogen and oxygen atoms in total. The molecule has 0 unspecified atom stereocenters. The summed E-state index contributed by atoms with van der Waals surface area (Å²) in [6.07, 6.45) is -2.74. The molecule has 14 heavy (non-hydrogen) atoms. The Morgan fingerprint density at radius 3 is 2.57 bits per heavy atom. The average Bonchev–Trinajstić information content (AvgIpc) is 2.47. The minimum absolute atomic E-state index is 0.254. The lowest BCUT2D eigenvalue weighted by Gasteiger charge is -2.10. The maximum atomic E-state index is 12.4. The maximum Gasteiger partial charge on any atom is 0.449 e. The summed E-state index contributed by atoms with van der Waals surface area (Å²) in [6, 6.07) is 0. The number of nitrogens with two attached hydrogens (primary N) is 1. The Labute approximate surface area is 79.7 Å². The van der Waals surface area contributed by atoms with Crippen molar-refractivity contribution in [3.63, 3.8) is 0 Å². The number of imidazole rings is 1. The molecule has 1 aromatic rings. The molecule has 0 amide bonds. The van der Waals surface area contributed by atoms with Crippen LogP contribution >= 0.6 is 0 Å². The van der Waals surface area contributed by atoms with Gasteiger partial charge in [-0.25, -0.2) is 4.98 Å². The van der Waals surface area contributed by atoms with Crippen LogP contribution in [-0.2, 0) is 19.1 Å². The quantitative estimate of drug-likeness (QED) is 0.814. The summed E-state index contributed by atoms with van der Waals surface area (Å²) < 4.78 is 38.3. The van der Waals surface area contributed by atoms with Crippen LogP contribution in [0.15, 0.2) is 6.20 Å². The summed E-state index contributed by atoms with van der Waals surface area (Å²) in [7, 11) is 0. The van der Waals surface area contributed by atoms with Crippen molar-refractivity contribution in [1.82, 2.24) is 9.55 Å². The van der Waals surface area contributed by atoms with Crippen LogP contribution in [0.4, 0.5) is 13.2 Å². The Morgan fingerprint density at radius 1 is 1.50 bits per heavy atom. The summed E-state index contributed by atoms with van der Waals surface area (Å²) in [5, 5.41) is 0. The van der Waals surface area contributed by atoms with Gasteiger partial charge in [-0.15, -0.1) is 0 Å². The zero-order valence-electron chi connectivity index (χ0n) is 7.80. The highest BCUT2D eigenvalue weighted by atomic mass is 19.4. The molecular formula is C8H12F3N3. The van der Waals surface area contributed by atoms with Gasteiger partial charge in [-0.2, -0.15) is 13.2 Å². The summed E-state index contributed by atoms with van der Waals surface area (Å²) in [5.41, 5.74) is 5.81. The molecule has 0 aromatic carbocycles. The van der Waals surface area contributed by atoms with E-state index in [0.717, 1.165) is 4.57 Å². The van der Waals surface area contributed by atoms with Crippen molar-refractivity contribution in [1.29, 1.82) is 0 Å². The molecule has 80 valence electrons. The number of aromatic nitrogens is 2. The van der Waals surface area contributed by atoms with Crippen molar-refractivity contribution in [2.45, 2.75) is 26.1 Å².